The van der Waals surface area contributed by atoms with Crippen LogP contribution < -0.4 is 0 Å². The largest absolute Gasteiger partial charge is 0.456 e. The van der Waals surface area contributed by atoms with Crippen molar-refractivity contribution in [2.75, 3.05) is 26.2 Å². The van der Waals surface area contributed by atoms with Crippen LogP contribution in [0.25, 0.3) is 0 Å². The number of ether oxygens (including phenoxy) is 1. The summed E-state index contributed by atoms with van der Waals surface area (Å²) in [5.74, 6) is 1.21. The summed E-state index contributed by atoms with van der Waals surface area (Å²) in [6.07, 6.45) is 0.0820. The van der Waals surface area contributed by atoms with E-state index < -0.39 is 0 Å². The van der Waals surface area contributed by atoms with E-state index in [1.165, 1.54) is 5.56 Å². The van der Waals surface area contributed by atoms with Gasteiger partial charge in [0.15, 0.2) is 5.76 Å². The van der Waals surface area contributed by atoms with Crippen LogP contribution in [0.3, 0.4) is 0 Å². The van der Waals surface area contributed by atoms with E-state index in [1.54, 1.807) is 0 Å². The Bertz CT molecular complexity index is 736. The van der Waals surface area contributed by atoms with Crippen LogP contribution in [0.2, 0.25) is 0 Å². The van der Waals surface area contributed by atoms with Gasteiger partial charge in [-0.3, -0.25) is 9.69 Å². The van der Waals surface area contributed by atoms with Crippen LogP contribution in [0.4, 0.5) is 0 Å². The van der Waals surface area contributed by atoms with Crippen LogP contribution >= 0.6 is 0 Å². The number of fused-ring (bicyclic) bond motifs is 1. The number of benzene rings is 1. The molecule has 3 heterocycles. The third-order valence-corrected chi connectivity index (χ3v) is 5.31. The monoisotopic (exact) mass is 340 g/mol. The van der Waals surface area contributed by atoms with Crippen molar-refractivity contribution in [3.05, 3.63) is 59.0 Å². The minimum absolute atomic E-state index is 0.0335. The number of aryl methyl sites for hydroxylation is 2. The number of nitrogens with zero attached hydrogens (tertiary/aromatic N) is 2. The average molecular weight is 340 g/mol. The highest BCUT2D eigenvalue weighted by atomic mass is 16.5. The number of furan rings is 1. The molecule has 0 spiro atoms. The maximum atomic E-state index is 12.8. The van der Waals surface area contributed by atoms with Gasteiger partial charge in [0, 0.05) is 26.2 Å². The molecule has 1 amide bonds. The summed E-state index contributed by atoms with van der Waals surface area (Å²) >= 11 is 0. The second-order valence-electron chi connectivity index (χ2n) is 6.99. The van der Waals surface area contributed by atoms with Gasteiger partial charge in [-0.1, -0.05) is 30.3 Å². The lowest BCUT2D eigenvalue weighted by Crippen LogP contribution is -2.50. The van der Waals surface area contributed by atoms with Gasteiger partial charge in [-0.15, -0.1) is 0 Å². The third-order valence-electron chi connectivity index (χ3n) is 5.31. The lowest BCUT2D eigenvalue weighted by molar-refractivity contribution is -0.0503. The van der Waals surface area contributed by atoms with E-state index >= 15 is 0 Å². The van der Waals surface area contributed by atoms with Gasteiger partial charge in [-0.2, -0.15) is 0 Å². The quantitative estimate of drug-likeness (QED) is 0.862. The van der Waals surface area contributed by atoms with E-state index in [4.69, 9.17) is 9.15 Å². The van der Waals surface area contributed by atoms with Gasteiger partial charge in [0.1, 0.15) is 5.76 Å². The molecule has 2 aliphatic heterocycles. The Morgan fingerprint density at radius 2 is 2.00 bits per heavy atom. The van der Waals surface area contributed by atoms with Crippen molar-refractivity contribution < 1.29 is 13.9 Å². The van der Waals surface area contributed by atoms with E-state index in [2.05, 4.69) is 29.2 Å². The third kappa shape index (κ3) is 3.22. The molecule has 1 aromatic heterocycles. The van der Waals surface area contributed by atoms with E-state index in [1.807, 2.05) is 30.9 Å². The number of carbonyl (C=O) groups excluding carboxylic acids is 1. The zero-order valence-electron chi connectivity index (χ0n) is 14.8. The Kier molecular flexibility index (Phi) is 4.36. The summed E-state index contributed by atoms with van der Waals surface area (Å²) in [7, 11) is 0. The molecule has 4 rings (SSSR count). The molecular formula is C20H24N2O3. The minimum atomic E-state index is -0.0335. The highest BCUT2D eigenvalue weighted by Gasteiger charge is 2.42. The molecule has 0 bridgehead atoms. The molecule has 0 aliphatic carbocycles. The van der Waals surface area contributed by atoms with Crippen LogP contribution in [0.15, 0.2) is 40.8 Å². The first-order valence-electron chi connectivity index (χ1n) is 8.87. The number of likely N-dealkylation sites (tertiary alicyclic amines) is 1. The highest BCUT2D eigenvalue weighted by Crippen LogP contribution is 2.26. The molecule has 132 valence electrons. The molecule has 0 unspecified atom stereocenters. The van der Waals surface area contributed by atoms with Crippen molar-refractivity contribution in [2.45, 2.75) is 32.5 Å². The van der Waals surface area contributed by atoms with E-state index in [-0.39, 0.29) is 18.1 Å². The van der Waals surface area contributed by atoms with Crippen molar-refractivity contribution in [3.63, 3.8) is 0 Å². The molecule has 1 aromatic carbocycles. The lowest BCUT2D eigenvalue weighted by Gasteiger charge is -2.36. The van der Waals surface area contributed by atoms with Gasteiger partial charge in [-0.05, 0) is 31.0 Å². The molecule has 2 fully saturated rings. The van der Waals surface area contributed by atoms with Gasteiger partial charge in [0.05, 0.1) is 18.8 Å². The molecule has 0 saturated carbocycles. The average Bonchev–Trinajstić information content (AvgIpc) is 3.20. The van der Waals surface area contributed by atoms with Crippen LogP contribution in [0.5, 0.6) is 0 Å². The summed E-state index contributed by atoms with van der Waals surface area (Å²) < 4.78 is 11.6. The smallest absolute Gasteiger partial charge is 0.289 e. The van der Waals surface area contributed by atoms with Crippen LogP contribution in [-0.4, -0.2) is 54.1 Å². The Labute approximate surface area is 148 Å². The number of rotatable bonds is 3. The Morgan fingerprint density at radius 1 is 1.20 bits per heavy atom. The SMILES string of the molecule is Cc1cc(C(=O)N2C[C@@H]3OCCN(Cc4ccccc4)[C@@H]3C2)oc1C. The number of carbonyl (C=O) groups is 1. The van der Waals surface area contributed by atoms with Crippen molar-refractivity contribution in [1.82, 2.24) is 9.80 Å². The van der Waals surface area contributed by atoms with E-state index in [0.717, 1.165) is 31.0 Å². The molecule has 0 N–H and O–H groups in total. The molecular weight excluding hydrogens is 316 g/mol. The summed E-state index contributed by atoms with van der Waals surface area (Å²) in [5.41, 5.74) is 2.31. The van der Waals surface area contributed by atoms with Crippen molar-refractivity contribution in [3.8, 4) is 0 Å². The maximum Gasteiger partial charge on any atom is 0.289 e. The van der Waals surface area contributed by atoms with Gasteiger partial charge in [0.2, 0.25) is 0 Å². The Hall–Kier alpha value is -2.11. The second-order valence-corrected chi connectivity index (χ2v) is 6.99. The van der Waals surface area contributed by atoms with Gasteiger partial charge in [0.25, 0.3) is 5.91 Å². The molecule has 2 atom stereocenters. The molecule has 2 aromatic rings. The fraction of sp³-hybridized carbons (Fsp3) is 0.450. The molecule has 5 heteroatoms. The van der Waals surface area contributed by atoms with Crippen molar-refractivity contribution in [1.29, 1.82) is 0 Å². The first kappa shape index (κ1) is 16.4. The summed E-state index contributed by atoms with van der Waals surface area (Å²) in [5, 5.41) is 0. The molecule has 25 heavy (non-hydrogen) atoms. The zero-order chi connectivity index (χ0) is 17.4. The van der Waals surface area contributed by atoms with Gasteiger partial charge >= 0.3 is 0 Å². The second kappa shape index (κ2) is 6.65. The standard InChI is InChI=1S/C20H24N2O3/c1-14-10-18(25-15(14)2)20(23)22-12-17-19(13-22)24-9-8-21(17)11-16-6-4-3-5-7-16/h3-7,10,17,19H,8-9,11-13H2,1-2H3/t17-,19+/m1/s1. The molecule has 5 nitrogen and oxygen atoms in total. The Morgan fingerprint density at radius 3 is 2.72 bits per heavy atom. The topological polar surface area (TPSA) is 45.9 Å². The number of hydrogen-bond donors (Lipinski definition) is 0. The van der Waals surface area contributed by atoms with Crippen LogP contribution in [-0.2, 0) is 11.3 Å². The zero-order valence-corrected chi connectivity index (χ0v) is 14.8. The maximum absolute atomic E-state index is 12.8. The van der Waals surface area contributed by atoms with Crippen LogP contribution in [0, 0.1) is 13.8 Å². The van der Waals surface area contributed by atoms with Crippen molar-refractivity contribution in [2.24, 2.45) is 0 Å². The van der Waals surface area contributed by atoms with Gasteiger partial charge < -0.3 is 14.1 Å². The highest BCUT2D eigenvalue weighted by molar-refractivity contribution is 5.92. The molecule has 0 radical (unpaired) electrons. The summed E-state index contributed by atoms with van der Waals surface area (Å²) in [6.45, 7) is 7.69. The lowest BCUT2D eigenvalue weighted by atomic mass is 10.1. The fourth-order valence-electron chi connectivity index (χ4n) is 3.77. The van der Waals surface area contributed by atoms with Crippen LogP contribution in [0.1, 0.15) is 27.4 Å². The number of hydrogen-bond acceptors (Lipinski definition) is 4. The Balaban J connectivity index is 1.47. The molecule has 2 aliphatic rings. The normalized spacial score (nSPS) is 23.7. The van der Waals surface area contributed by atoms with E-state index in [0.29, 0.717) is 18.8 Å². The number of morpholine rings is 1. The van der Waals surface area contributed by atoms with Crippen molar-refractivity contribution >= 4 is 5.91 Å². The number of amides is 1. The minimum Gasteiger partial charge on any atom is -0.456 e. The summed E-state index contributed by atoms with van der Waals surface area (Å²) in [6, 6.07) is 12.6. The molecule has 2 saturated heterocycles. The summed E-state index contributed by atoms with van der Waals surface area (Å²) in [4.78, 5) is 17.1. The van der Waals surface area contributed by atoms with E-state index in [9.17, 15) is 4.79 Å². The van der Waals surface area contributed by atoms with Gasteiger partial charge in [-0.25, -0.2) is 0 Å². The fourth-order valence-corrected chi connectivity index (χ4v) is 3.77. The predicted octanol–water partition coefficient (Wildman–Crippen LogP) is 2.62. The first-order chi connectivity index (χ1) is 12.1. The first-order valence-corrected chi connectivity index (χ1v) is 8.87. The predicted molar refractivity (Wildman–Crippen MR) is 94.5 cm³/mol.